The van der Waals surface area contributed by atoms with Crippen molar-refractivity contribution in [3.8, 4) is 0 Å². The Hall–Kier alpha value is -1.49. The predicted octanol–water partition coefficient (Wildman–Crippen LogP) is 1.68. The molecule has 2 unspecified atom stereocenters. The molecule has 2 rings (SSSR count). The number of nitrogens with one attached hydrogen (secondary N) is 1. The third-order valence-electron chi connectivity index (χ3n) is 3.12. The van der Waals surface area contributed by atoms with Gasteiger partial charge >= 0.3 is 0 Å². The summed E-state index contributed by atoms with van der Waals surface area (Å²) < 4.78 is 12.8. The van der Waals surface area contributed by atoms with Crippen molar-refractivity contribution in [2.75, 3.05) is 5.32 Å². The van der Waals surface area contributed by atoms with Crippen LogP contribution in [0.4, 0.5) is 10.2 Å². The van der Waals surface area contributed by atoms with Crippen molar-refractivity contribution < 1.29 is 9.18 Å². The van der Waals surface area contributed by atoms with Gasteiger partial charge in [-0.1, -0.05) is 18.9 Å². The fourth-order valence-electron chi connectivity index (χ4n) is 2.18. The number of rotatable bonds is 2. The van der Waals surface area contributed by atoms with Gasteiger partial charge in [-0.05, 0) is 25.0 Å². The normalized spacial score (nSPS) is 24.4. The van der Waals surface area contributed by atoms with Gasteiger partial charge in [0.25, 0.3) is 0 Å². The van der Waals surface area contributed by atoms with E-state index >= 15 is 0 Å². The van der Waals surface area contributed by atoms with Gasteiger partial charge in [0.2, 0.25) is 11.9 Å². The Balaban J connectivity index is 2.01. The van der Waals surface area contributed by atoms with E-state index in [1.165, 1.54) is 12.1 Å². The Bertz CT molecular complexity index is 410. The van der Waals surface area contributed by atoms with E-state index < -0.39 is 5.95 Å². The average Bonchev–Trinajstić information content (AvgIpc) is 2.29. The molecule has 1 fully saturated rings. The number of amides is 1. The number of hydrogen-bond donors (Lipinski definition) is 2. The highest BCUT2D eigenvalue weighted by atomic mass is 19.1. The molecule has 1 aliphatic rings. The van der Waals surface area contributed by atoms with Crippen LogP contribution in [0.1, 0.15) is 25.7 Å². The van der Waals surface area contributed by atoms with Crippen LogP contribution in [0.25, 0.3) is 0 Å². The van der Waals surface area contributed by atoms with E-state index in [0.717, 1.165) is 25.7 Å². The fourth-order valence-corrected chi connectivity index (χ4v) is 2.18. The van der Waals surface area contributed by atoms with Gasteiger partial charge in [0.15, 0.2) is 0 Å². The summed E-state index contributed by atoms with van der Waals surface area (Å²) in [6.45, 7) is 0. The summed E-state index contributed by atoms with van der Waals surface area (Å²) in [7, 11) is 0. The molecule has 0 bridgehead atoms. The van der Waals surface area contributed by atoms with Gasteiger partial charge in [0.05, 0.1) is 5.92 Å². The zero-order valence-electron chi connectivity index (χ0n) is 9.53. The molecule has 1 heterocycles. The number of halogens is 1. The third-order valence-corrected chi connectivity index (χ3v) is 3.12. The summed E-state index contributed by atoms with van der Waals surface area (Å²) in [5.41, 5.74) is 5.91. The summed E-state index contributed by atoms with van der Waals surface area (Å²) in [5, 5.41) is 2.61. The highest BCUT2D eigenvalue weighted by Crippen LogP contribution is 2.24. The van der Waals surface area contributed by atoms with Crippen LogP contribution < -0.4 is 11.1 Å². The van der Waals surface area contributed by atoms with Crippen LogP contribution in [-0.4, -0.2) is 16.9 Å². The second kappa shape index (κ2) is 5.23. The second-order valence-corrected chi connectivity index (χ2v) is 4.39. The Morgan fingerprint density at radius 1 is 1.41 bits per heavy atom. The van der Waals surface area contributed by atoms with E-state index in [-0.39, 0.29) is 23.7 Å². The van der Waals surface area contributed by atoms with Crippen LogP contribution in [0.3, 0.4) is 0 Å². The van der Waals surface area contributed by atoms with Gasteiger partial charge in [0, 0.05) is 6.04 Å². The van der Waals surface area contributed by atoms with Crippen LogP contribution in [0.2, 0.25) is 0 Å². The van der Waals surface area contributed by atoms with Crippen molar-refractivity contribution in [1.29, 1.82) is 0 Å². The maximum atomic E-state index is 12.8. The zero-order chi connectivity index (χ0) is 12.3. The number of nitrogens with two attached hydrogens (primary N) is 1. The quantitative estimate of drug-likeness (QED) is 0.769. The number of carbonyl (C=O) groups is 1. The highest BCUT2D eigenvalue weighted by Gasteiger charge is 2.28. The lowest BCUT2D eigenvalue weighted by atomic mass is 9.84. The first-order valence-corrected chi connectivity index (χ1v) is 5.86. The summed E-state index contributed by atoms with van der Waals surface area (Å²) in [5.74, 6) is -0.701. The molecular formula is C12H16FN3O. The molecule has 1 aliphatic carbocycles. The molecule has 17 heavy (non-hydrogen) atoms. The number of hydrogen-bond acceptors (Lipinski definition) is 3. The summed E-state index contributed by atoms with van der Waals surface area (Å²) in [6.07, 6.45) is 3.75. The standard InChI is InChI=1S/C12H16FN3O/c13-10-6-3-7-11(15-10)16-12(17)8-4-1-2-5-9(8)14/h3,6-9H,1-2,4-5,14H2,(H,15,16,17). The Morgan fingerprint density at radius 3 is 2.88 bits per heavy atom. The van der Waals surface area contributed by atoms with Crippen molar-refractivity contribution in [2.24, 2.45) is 11.7 Å². The average molecular weight is 237 g/mol. The van der Waals surface area contributed by atoms with Crippen molar-refractivity contribution in [3.05, 3.63) is 24.1 Å². The Morgan fingerprint density at radius 2 is 2.18 bits per heavy atom. The SMILES string of the molecule is NC1CCCCC1C(=O)Nc1cccc(F)n1. The molecule has 92 valence electrons. The first-order chi connectivity index (χ1) is 8.16. The molecule has 0 radical (unpaired) electrons. The van der Waals surface area contributed by atoms with Crippen LogP contribution in [-0.2, 0) is 4.79 Å². The van der Waals surface area contributed by atoms with Crippen molar-refractivity contribution in [1.82, 2.24) is 4.98 Å². The minimum absolute atomic E-state index is 0.0997. The number of anilines is 1. The van der Waals surface area contributed by atoms with E-state index in [0.29, 0.717) is 0 Å². The first kappa shape index (κ1) is 12.0. The van der Waals surface area contributed by atoms with Crippen LogP contribution in [0.15, 0.2) is 18.2 Å². The molecule has 5 heteroatoms. The molecule has 1 aromatic rings. The maximum absolute atomic E-state index is 12.8. The zero-order valence-corrected chi connectivity index (χ0v) is 9.53. The van der Waals surface area contributed by atoms with E-state index in [1.54, 1.807) is 6.07 Å². The second-order valence-electron chi connectivity index (χ2n) is 4.39. The van der Waals surface area contributed by atoms with Crippen LogP contribution in [0, 0.1) is 11.9 Å². The molecule has 2 atom stereocenters. The molecule has 1 amide bonds. The first-order valence-electron chi connectivity index (χ1n) is 5.86. The summed E-state index contributed by atoms with van der Waals surface area (Å²) in [6, 6.07) is 4.22. The topological polar surface area (TPSA) is 68.0 Å². The minimum atomic E-state index is -0.601. The molecule has 0 spiro atoms. The third kappa shape index (κ3) is 3.00. The largest absolute Gasteiger partial charge is 0.327 e. The van der Waals surface area contributed by atoms with Gasteiger partial charge in [-0.2, -0.15) is 4.39 Å². The molecule has 4 nitrogen and oxygen atoms in total. The minimum Gasteiger partial charge on any atom is -0.327 e. The lowest BCUT2D eigenvalue weighted by Gasteiger charge is -2.27. The van der Waals surface area contributed by atoms with Crippen LogP contribution in [0.5, 0.6) is 0 Å². The van der Waals surface area contributed by atoms with Gasteiger partial charge in [-0.3, -0.25) is 4.79 Å². The van der Waals surface area contributed by atoms with Gasteiger partial charge < -0.3 is 11.1 Å². The molecule has 0 saturated heterocycles. The van der Waals surface area contributed by atoms with E-state index in [1.807, 2.05) is 0 Å². The Labute approximate surface area is 99.4 Å². The number of pyridine rings is 1. The van der Waals surface area contributed by atoms with E-state index in [2.05, 4.69) is 10.3 Å². The van der Waals surface area contributed by atoms with Gasteiger partial charge in [-0.25, -0.2) is 4.98 Å². The lowest BCUT2D eigenvalue weighted by molar-refractivity contribution is -0.121. The number of carbonyl (C=O) groups excluding carboxylic acids is 1. The molecule has 0 aromatic carbocycles. The predicted molar refractivity (Wildman–Crippen MR) is 62.8 cm³/mol. The monoisotopic (exact) mass is 237 g/mol. The molecule has 1 aromatic heterocycles. The van der Waals surface area contributed by atoms with Gasteiger partial charge in [-0.15, -0.1) is 0 Å². The van der Waals surface area contributed by atoms with Crippen LogP contribution >= 0.6 is 0 Å². The molecular weight excluding hydrogens is 221 g/mol. The molecule has 3 N–H and O–H groups in total. The van der Waals surface area contributed by atoms with Crippen molar-refractivity contribution in [2.45, 2.75) is 31.7 Å². The smallest absolute Gasteiger partial charge is 0.230 e. The number of aromatic nitrogens is 1. The van der Waals surface area contributed by atoms with E-state index in [4.69, 9.17) is 5.73 Å². The molecule has 1 saturated carbocycles. The van der Waals surface area contributed by atoms with Crippen molar-refractivity contribution in [3.63, 3.8) is 0 Å². The summed E-state index contributed by atoms with van der Waals surface area (Å²) >= 11 is 0. The molecule has 0 aliphatic heterocycles. The maximum Gasteiger partial charge on any atom is 0.230 e. The lowest BCUT2D eigenvalue weighted by Crippen LogP contribution is -2.40. The van der Waals surface area contributed by atoms with Gasteiger partial charge in [0.1, 0.15) is 5.82 Å². The Kier molecular flexibility index (Phi) is 3.68. The number of nitrogens with zero attached hydrogens (tertiary/aromatic N) is 1. The summed E-state index contributed by atoms with van der Waals surface area (Å²) in [4.78, 5) is 15.5. The highest BCUT2D eigenvalue weighted by molar-refractivity contribution is 5.92. The van der Waals surface area contributed by atoms with Crippen molar-refractivity contribution >= 4 is 11.7 Å². The van der Waals surface area contributed by atoms with E-state index in [9.17, 15) is 9.18 Å². The fraction of sp³-hybridized carbons (Fsp3) is 0.500.